The van der Waals surface area contributed by atoms with E-state index in [1.807, 2.05) is 0 Å². The Morgan fingerprint density at radius 2 is 2.00 bits per heavy atom. The molecule has 0 heterocycles. The van der Waals surface area contributed by atoms with Crippen molar-refractivity contribution in [1.29, 1.82) is 0 Å². The van der Waals surface area contributed by atoms with Gasteiger partial charge in [0.25, 0.3) is 0 Å². The zero-order chi connectivity index (χ0) is 14.3. The van der Waals surface area contributed by atoms with Crippen LogP contribution in [0.2, 0.25) is 0 Å². The van der Waals surface area contributed by atoms with Gasteiger partial charge in [-0.2, -0.15) is 0 Å². The normalized spacial score (nSPS) is 19.6. The van der Waals surface area contributed by atoms with Gasteiger partial charge in [-0.05, 0) is 31.6 Å². The van der Waals surface area contributed by atoms with Crippen molar-refractivity contribution in [3.63, 3.8) is 0 Å². The number of nitrogens with two attached hydrogens (primary N) is 1. The van der Waals surface area contributed by atoms with Gasteiger partial charge in [-0.25, -0.2) is 0 Å². The fourth-order valence-corrected chi connectivity index (χ4v) is 3.21. The van der Waals surface area contributed by atoms with Crippen LogP contribution >= 0.6 is 0 Å². The van der Waals surface area contributed by atoms with Crippen LogP contribution in [0.5, 0.6) is 0 Å². The number of nitrogens with one attached hydrogen (secondary N) is 1. The third kappa shape index (κ3) is 5.11. The molecule has 1 saturated carbocycles. The quantitative estimate of drug-likeness (QED) is 0.709. The van der Waals surface area contributed by atoms with Crippen LogP contribution in [-0.2, 0) is 9.53 Å². The molecule has 1 aliphatic rings. The van der Waals surface area contributed by atoms with E-state index < -0.39 is 0 Å². The predicted octanol–water partition coefficient (Wildman–Crippen LogP) is 2.07. The largest absolute Gasteiger partial charge is 0.383 e. The summed E-state index contributed by atoms with van der Waals surface area (Å²) in [5.41, 5.74) is 5.75. The van der Waals surface area contributed by atoms with Crippen LogP contribution in [0.3, 0.4) is 0 Å². The van der Waals surface area contributed by atoms with Gasteiger partial charge < -0.3 is 15.8 Å². The first-order valence-electron chi connectivity index (χ1n) is 7.53. The molecule has 0 aromatic heterocycles. The fourth-order valence-electron chi connectivity index (χ4n) is 3.21. The molecule has 0 spiro atoms. The molecule has 0 radical (unpaired) electrons. The Morgan fingerprint density at radius 1 is 1.37 bits per heavy atom. The van der Waals surface area contributed by atoms with Crippen molar-refractivity contribution in [3.8, 4) is 0 Å². The molecule has 0 bridgehead atoms. The summed E-state index contributed by atoms with van der Waals surface area (Å²) >= 11 is 0. The Kier molecular flexibility index (Phi) is 6.80. The molecular formula is C15H30N2O2. The maximum Gasteiger partial charge on any atom is 0.226 e. The van der Waals surface area contributed by atoms with E-state index in [1.54, 1.807) is 7.11 Å². The molecular weight excluding hydrogens is 240 g/mol. The van der Waals surface area contributed by atoms with Crippen molar-refractivity contribution in [2.45, 2.75) is 58.4 Å². The minimum absolute atomic E-state index is 0.00919. The zero-order valence-corrected chi connectivity index (χ0v) is 12.7. The summed E-state index contributed by atoms with van der Waals surface area (Å²) in [5.74, 6) is 0.808. The third-order valence-electron chi connectivity index (χ3n) is 4.02. The lowest BCUT2D eigenvalue weighted by Gasteiger charge is -2.29. The Bertz CT molecular complexity index is 273. The van der Waals surface area contributed by atoms with Crippen LogP contribution in [0.15, 0.2) is 0 Å². The molecule has 0 aliphatic heterocycles. The van der Waals surface area contributed by atoms with Crippen molar-refractivity contribution < 1.29 is 9.53 Å². The highest BCUT2D eigenvalue weighted by atomic mass is 16.5. The highest BCUT2D eigenvalue weighted by molar-refractivity contribution is 5.82. The molecule has 1 fully saturated rings. The number of carbonyl (C=O) groups is 1. The number of methoxy groups -OCH3 is 1. The van der Waals surface area contributed by atoms with E-state index in [0.717, 1.165) is 25.7 Å². The number of ether oxygens (including phenoxy) is 1. The van der Waals surface area contributed by atoms with Crippen LogP contribution in [-0.4, -0.2) is 32.2 Å². The van der Waals surface area contributed by atoms with Crippen molar-refractivity contribution in [1.82, 2.24) is 5.32 Å². The van der Waals surface area contributed by atoms with E-state index in [2.05, 4.69) is 19.2 Å². The Morgan fingerprint density at radius 3 is 2.53 bits per heavy atom. The lowest BCUT2D eigenvalue weighted by atomic mass is 9.77. The van der Waals surface area contributed by atoms with Crippen molar-refractivity contribution in [2.24, 2.45) is 17.1 Å². The second kappa shape index (κ2) is 7.85. The van der Waals surface area contributed by atoms with Gasteiger partial charge in [0.1, 0.15) is 0 Å². The summed E-state index contributed by atoms with van der Waals surface area (Å²) in [6.07, 6.45) is 6.23. The van der Waals surface area contributed by atoms with Crippen LogP contribution in [0, 0.1) is 11.3 Å². The molecule has 1 amide bonds. The molecule has 0 aromatic carbocycles. The summed E-state index contributed by atoms with van der Waals surface area (Å²) in [6.45, 7) is 5.60. The van der Waals surface area contributed by atoms with Gasteiger partial charge in [0.15, 0.2) is 0 Å². The molecule has 112 valence electrons. The van der Waals surface area contributed by atoms with E-state index >= 15 is 0 Å². The minimum Gasteiger partial charge on any atom is -0.383 e. The maximum absolute atomic E-state index is 12.5. The Labute approximate surface area is 117 Å². The van der Waals surface area contributed by atoms with Crippen LogP contribution in [0.1, 0.15) is 52.4 Å². The van der Waals surface area contributed by atoms with E-state index in [9.17, 15) is 4.79 Å². The smallest absolute Gasteiger partial charge is 0.226 e. The second-order valence-electron chi connectivity index (χ2n) is 6.35. The van der Waals surface area contributed by atoms with Crippen LogP contribution in [0.25, 0.3) is 0 Å². The molecule has 0 aromatic rings. The number of amides is 1. The van der Waals surface area contributed by atoms with E-state index in [-0.39, 0.29) is 17.4 Å². The van der Waals surface area contributed by atoms with Gasteiger partial charge in [-0.15, -0.1) is 0 Å². The van der Waals surface area contributed by atoms with Crippen molar-refractivity contribution >= 4 is 5.91 Å². The van der Waals surface area contributed by atoms with Gasteiger partial charge in [0.2, 0.25) is 5.91 Å². The minimum atomic E-state index is -0.112. The average molecular weight is 270 g/mol. The first-order valence-corrected chi connectivity index (χ1v) is 7.53. The third-order valence-corrected chi connectivity index (χ3v) is 4.02. The highest BCUT2D eigenvalue weighted by Crippen LogP contribution is 2.43. The summed E-state index contributed by atoms with van der Waals surface area (Å²) in [5, 5.41) is 3.09. The molecule has 4 heteroatoms. The molecule has 4 nitrogen and oxygen atoms in total. The van der Waals surface area contributed by atoms with Gasteiger partial charge in [-0.1, -0.05) is 26.7 Å². The molecule has 1 rings (SSSR count). The molecule has 1 atom stereocenters. The predicted molar refractivity (Wildman–Crippen MR) is 77.8 cm³/mol. The van der Waals surface area contributed by atoms with Gasteiger partial charge in [0, 0.05) is 25.1 Å². The van der Waals surface area contributed by atoms with E-state index in [0.29, 0.717) is 19.1 Å². The molecule has 1 unspecified atom stereocenters. The molecule has 1 aliphatic carbocycles. The number of hydrogen-bond acceptors (Lipinski definition) is 3. The van der Waals surface area contributed by atoms with Crippen molar-refractivity contribution in [2.75, 3.05) is 20.3 Å². The highest BCUT2D eigenvalue weighted by Gasteiger charge is 2.40. The summed E-state index contributed by atoms with van der Waals surface area (Å²) in [6, 6.07) is 0.00919. The molecule has 19 heavy (non-hydrogen) atoms. The van der Waals surface area contributed by atoms with Gasteiger partial charge in [-0.3, -0.25) is 4.79 Å². The average Bonchev–Trinajstić information content (AvgIpc) is 2.78. The molecule has 3 N–H and O–H groups in total. The Balaban J connectivity index is 2.41. The Hall–Kier alpha value is -0.610. The fraction of sp³-hybridized carbons (Fsp3) is 0.933. The first kappa shape index (κ1) is 16.4. The lowest BCUT2D eigenvalue weighted by molar-refractivity contribution is -0.131. The SMILES string of the molecule is COCC(N)CCNC(=O)C1(CC(C)C)CCCC1. The number of hydrogen-bond donors (Lipinski definition) is 2. The van der Waals surface area contributed by atoms with Crippen LogP contribution in [0.4, 0.5) is 0 Å². The number of rotatable bonds is 8. The summed E-state index contributed by atoms with van der Waals surface area (Å²) in [4.78, 5) is 12.5. The number of carbonyl (C=O) groups excluding carboxylic acids is 1. The summed E-state index contributed by atoms with van der Waals surface area (Å²) in [7, 11) is 1.65. The topological polar surface area (TPSA) is 64.3 Å². The zero-order valence-electron chi connectivity index (χ0n) is 12.7. The monoisotopic (exact) mass is 270 g/mol. The second-order valence-corrected chi connectivity index (χ2v) is 6.35. The van der Waals surface area contributed by atoms with E-state index in [1.165, 1.54) is 12.8 Å². The van der Waals surface area contributed by atoms with Crippen LogP contribution < -0.4 is 11.1 Å². The lowest BCUT2D eigenvalue weighted by Crippen LogP contribution is -2.42. The standard InChI is InChI=1S/C15H30N2O2/c1-12(2)10-15(7-4-5-8-15)14(18)17-9-6-13(16)11-19-3/h12-13H,4-11,16H2,1-3H3,(H,17,18). The van der Waals surface area contributed by atoms with Gasteiger partial charge in [0.05, 0.1) is 6.61 Å². The first-order chi connectivity index (χ1) is 9.00. The maximum atomic E-state index is 12.5. The van der Waals surface area contributed by atoms with Gasteiger partial charge >= 0.3 is 0 Å². The van der Waals surface area contributed by atoms with Crippen molar-refractivity contribution in [3.05, 3.63) is 0 Å². The summed E-state index contributed by atoms with van der Waals surface area (Å²) < 4.78 is 5.00. The van der Waals surface area contributed by atoms with E-state index in [4.69, 9.17) is 10.5 Å². The molecule has 0 saturated heterocycles.